The van der Waals surface area contributed by atoms with Crippen LogP contribution in [0.5, 0.6) is 0 Å². The lowest BCUT2D eigenvalue weighted by atomic mass is 10.1. The number of hydrogen-bond acceptors (Lipinski definition) is 5. The molecule has 0 radical (unpaired) electrons. The summed E-state index contributed by atoms with van der Waals surface area (Å²) in [7, 11) is 0. The third-order valence-corrected chi connectivity index (χ3v) is 3.99. The topological polar surface area (TPSA) is 104 Å². The van der Waals surface area contributed by atoms with E-state index in [-0.39, 0.29) is 11.7 Å². The lowest BCUT2D eigenvalue weighted by Gasteiger charge is -2.19. The molecule has 1 unspecified atom stereocenters. The number of H-pyrrole nitrogens is 2. The average molecular weight is 296 g/mol. The molecule has 1 aliphatic heterocycles. The van der Waals surface area contributed by atoms with Crippen LogP contribution < -0.4 is 16.3 Å². The van der Waals surface area contributed by atoms with E-state index in [1.165, 1.54) is 0 Å². The van der Waals surface area contributed by atoms with E-state index in [1.807, 2.05) is 24.3 Å². The summed E-state index contributed by atoms with van der Waals surface area (Å²) in [6.07, 6.45) is 0.958. The van der Waals surface area contributed by atoms with Crippen molar-refractivity contribution in [3.63, 3.8) is 0 Å². The fraction of sp³-hybridized carbons (Fsp3) is 0.267. The second-order valence-corrected chi connectivity index (χ2v) is 5.57. The molecule has 1 atom stereocenters. The normalized spacial score (nSPS) is 18.2. The summed E-state index contributed by atoms with van der Waals surface area (Å²) >= 11 is 0. The van der Waals surface area contributed by atoms with Gasteiger partial charge in [-0.05, 0) is 17.9 Å². The first-order valence-electron chi connectivity index (χ1n) is 7.26. The minimum Gasteiger partial charge on any atom is -0.354 e. The zero-order valence-electron chi connectivity index (χ0n) is 11.9. The van der Waals surface area contributed by atoms with E-state index in [9.17, 15) is 4.79 Å². The van der Waals surface area contributed by atoms with Gasteiger partial charge in [-0.2, -0.15) is 5.10 Å². The molecule has 3 aromatic rings. The monoisotopic (exact) mass is 296 g/mol. The number of hydrogen-bond donors (Lipinski definition) is 3. The van der Waals surface area contributed by atoms with Crippen LogP contribution in [-0.4, -0.2) is 39.3 Å². The largest absolute Gasteiger partial charge is 0.354 e. The van der Waals surface area contributed by atoms with Gasteiger partial charge in [-0.25, -0.2) is 14.9 Å². The summed E-state index contributed by atoms with van der Waals surface area (Å²) < 4.78 is 0. The maximum absolute atomic E-state index is 11.3. The second-order valence-electron chi connectivity index (χ2n) is 5.57. The van der Waals surface area contributed by atoms with Crippen LogP contribution in [0.4, 0.5) is 5.82 Å². The van der Waals surface area contributed by atoms with Crippen molar-refractivity contribution in [1.82, 2.24) is 20.2 Å². The highest BCUT2D eigenvalue weighted by molar-refractivity contribution is 5.94. The predicted molar refractivity (Wildman–Crippen MR) is 84.8 cm³/mol. The van der Waals surface area contributed by atoms with Gasteiger partial charge < -0.3 is 10.6 Å². The first-order chi connectivity index (χ1) is 10.7. The molecule has 0 saturated carbocycles. The molecule has 4 N–H and O–H groups in total. The first kappa shape index (κ1) is 13.0. The van der Waals surface area contributed by atoms with Gasteiger partial charge in [0.2, 0.25) is 0 Å². The fourth-order valence-corrected chi connectivity index (χ4v) is 2.91. The number of nitrogens with two attached hydrogens (primary N) is 1. The lowest BCUT2D eigenvalue weighted by Crippen LogP contribution is -2.27. The summed E-state index contributed by atoms with van der Waals surface area (Å²) in [5.74, 6) is 1.34. The van der Waals surface area contributed by atoms with Crippen LogP contribution in [-0.2, 0) is 0 Å². The van der Waals surface area contributed by atoms with Gasteiger partial charge in [0.15, 0.2) is 5.82 Å². The van der Waals surface area contributed by atoms with E-state index in [0.29, 0.717) is 11.5 Å². The van der Waals surface area contributed by atoms with Crippen molar-refractivity contribution in [2.75, 3.05) is 18.0 Å². The Labute approximate surface area is 126 Å². The Kier molecular flexibility index (Phi) is 2.93. The van der Waals surface area contributed by atoms with Gasteiger partial charge in [0.25, 0.3) is 0 Å². The number of fused-ring (bicyclic) bond motifs is 1. The molecular weight excluding hydrogens is 280 g/mol. The summed E-state index contributed by atoms with van der Waals surface area (Å²) in [4.78, 5) is 20.9. The highest BCUT2D eigenvalue weighted by atomic mass is 16.1. The Bertz CT molecular complexity index is 883. The molecule has 112 valence electrons. The zero-order valence-corrected chi connectivity index (χ0v) is 11.9. The number of benzene rings is 1. The molecule has 1 fully saturated rings. The number of aromatic amines is 2. The maximum Gasteiger partial charge on any atom is 0.340 e. The zero-order chi connectivity index (χ0) is 15.1. The average Bonchev–Trinajstić information content (AvgIpc) is 3.15. The van der Waals surface area contributed by atoms with Crippen LogP contribution in [0.15, 0.2) is 35.1 Å². The van der Waals surface area contributed by atoms with E-state index in [1.54, 1.807) is 0 Å². The van der Waals surface area contributed by atoms with Crippen LogP contribution >= 0.6 is 0 Å². The number of aromatic nitrogens is 4. The van der Waals surface area contributed by atoms with Crippen molar-refractivity contribution < 1.29 is 0 Å². The molecule has 1 aromatic carbocycles. The summed E-state index contributed by atoms with van der Waals surface area (Å²) in [5.41, 5.74) is 6.33. The number of rotatable bonds is 2. The second kappa shape index (κ2) is 4.96. The minimum atomic E-state index is -0.338. The van der Waals surface area contributed by atoms with Crippen molar-refractivity contribution in [3.05, 3.63) is 40.8 Å². The predicted octanol–water partition coefficient (Wildman–Crippen LogP) is 0.851. The van der Waals surface area contributed by atoms with Gasteiger partial charge in [0.05, 0.1) is 0 Å². The first-order valence-corrected chi connectivity index (χ1v) is 7.26. The summed E-state index contributed by atoms with van der Waals surface area (Å²) in [6, 6.07) is 10.2. The molecule has 2 aromatic heterocycles. The smallest absolute Gasteiger partial charge is 0.340 e. The standard InChI is InChI=1S/C15H16N6O/c16-10-5-6-21(8-10)14-11-4-2-1-3-9(11)7-12(17-14)13-18-15(22)20-19-13/h1-4,7,10H,5-6,8,16H2,(H2,18,19,20,22). The molecule has 0 aliphatic carbocycles. The minimum absolute atomic E-state index is 0.175. The molecule has 1 aliphatic rings. The van der Waals surface area contributed by atoms with Crippen LogP contribution in [0.2, 0.25) is 0 Å². The Hall–Kier alpha value is -2.67. The van der Waals surface area contributed by atoms with E-state index in [0.717, 1.165) is 36.1 Å². The molecule has 0 bridgehead atoms. The van der Waals surface area contributed by atoms with Crippen molar-refractivity contribution in [3.8, 4) is 11.5 Å². The van der Waals surface area contributed by atoms with Gasteiger partial charge in [-0.3, -0.25) is 4.98 Å². The summed E-state index contributed by atoms with van der Waals surface area (Å²) in [5, 5.41) is 8.50. The van der Waals surface area contributed by atoms with E-state index in [4.69, 9.17) is 10.7 Å². The molecule has 22 heavy (non-hydrogen) atoms. The van der Waals surface area contributed by atoms with Crippen LogP contribution in [0, 0.1) is 0 Å². The Morgan fingerprint density at radius 1 is 1.32 bits per heavy atom. The number of nitrogens with zero attached hydrogens (tertiary/aromatic N) is 3. The van der Waals surface area contributed by atoms with Gasteiger partial charge in [0.1, 0.15) is 11.5 Å². The van der Waals surface area contributed by atoms with Gasteiger partial charge in [-0.1, -0.05) is 24.3 Å². The van der Waals surface area contributed by atoms with Gasteiger partial charge in [-0.15, -0.1) is 0 Å². The Balaban J connectivity index is 1.91. The van der Waals surface area contributed by atoms with Crippen molar-refractivity contribution in [2.24, 2.45) is 5.73 Å². The molecule has 0 spiro atoms. The van der Waals surface area contributed by atoms with Crippen LogP contribution in [0.25, 0.3) is 22.3 Å². The number of nitrogens with one attached hydrogen (secondary N) is 2. The van der Waals surface area contributed by atoms with Gasteiger partial charge >= 0.3 is 5.69 Å². The number of pyridine rings is 1. The maximum atomic E-state index is 11.3. The molecule has 7 nitrogen and oxygen atoms in total. The highest BCUT2D eigenvalue weighted by Gasteiger charge is 2.23. The quantitative estimate of drug-likeness (QED) is 0.650. The Morgan fingerprint density at radius 2 is 2.18 bits per heavy atom. The molecule has 0 amide bonds. The van der Waals surface area contributed by atoms with Crippen molar-refractivity contribution in [1.29, 1.82) is 0 Å². The Morgan fingerprint density at radius 3 is 2.91 bits per heavy atom. The molecule has 1 saturated heterocycles. The van der Waals surface area contributed by atoms with E-state index >= 15 is 0 Å². The third kappa shape index (κ3) is 2.15. The van der Waals surface area contributed by atoms with Crippen LogP contribution in [0.1, 0.15) is 6.42 Å². The molecule has 3 heterocycles. The van der Waals surface area contributed by atoms with Crippen LogP contribution in [0.3, 0.4) is 0 Å². The molecule has 4 rings (SSSR count). The lowest BCUT2D eigenvalue weighted by molar-refractivity contribution is 0.752. The van der Waals surface area contributed by atoms with Gasteiger partial charge in [0, 0.05) is 24.5 Å². The fourth-order valence-electron chi connectivity index (χ4n) is 2.91. The van der Waals surface area contributed by atoms with Crippen molar-refractivity contribution in [2.45, 2.75) is 12.5 Å². The van der Waals surface area contributed by atoms with Crippen molar-refractivity contribution >= 4 is 16.6 Å². The third-order valence-electron chi connectivity index (χ3n) is 3.99. The van der Waals surface area contributed by atoms with E-state index in [2.05, 4.69) is 26.1 Å². The SMILES string of the molecule is NC1CCN(c2nc(-c3n[nH]c(=O)[nH]3)cc3ccccc23)C1. The number of anilines is 1. The summed E-state index contributed by atoms with van der Waals surface area (Å²) in [6.45, 7) is 1.68. The molecular formula is C15H16N6O. The highest BCUT2D eigenvalue weighted by Crippen LogP contribution is 2.30. The molecule has 7 heteroatoms. The van der Waals surface area contributed by atoms with E-state index < -0.39 is 0 Å².